The fourth-order valence-electron chi connectivity index (χ4n) is 4.44. The Morgan fingerprint density at radius 1 is 0.892 bits per heavy atom. The topological polar surface area (TPSA) is 66.5 Å². The average molecular weight is 541 g/mol. The highest BCUT2D eigenvalue weighted by molar-refractivity contribution is 7.90. The molecule has 0 radical (unpaired) electrons. The minimum absolute atomic E-state index is 0.0199. The monoisotopic (exact) mass is 540 g/mol. The van der Waals surface area contributed by atoms with Gasteiger partial charge in [-0.25, -0.2) is 13.1 Å². The van der Waals surface area contributed by atoms with Gasteiger partial charge in [-0.15, -0.1) is 0 Å². The smallest absolute Gasteiger partial charge is 0.264 e. The molecule has 0 atom stereocenters. The Morgan fingerprint density at radius 2 is 1.46 bits per heavy atom. The predicted molar refractivity (Wildman–Crippen MR) is 153 cm³/mol. The number of sulfonamides is 1. The first kappa shape index (κ1) is 28.9. The molecule has 1 amide bonds. The predicted octanol–water partition coefficient (Wildman–Crippen LogP) is 6.67. The molecule has 0 fully saturated rings. The van der Waals surface area contributed by atoms with E-state index in [2.05, 4.69) is 44.5 Å². The van der Waals surface area contributed by atoms with E-state index in [0.717, 1.165) is 38.9 Å². The highest BCUT2D eigenvalue weighted by atomic mass is 35.5. The molecule has 37 heavy (non-hydrogen) atoms. The molecule has 0 bridgehead atoms. The van der Waals surface area contributed by atoms with Crippen LogP contribution in [0.4, 0.5) is 0 Å². The van der Waals surface area contributed by atoms with E-state index in [4.69, 9.17) is 11.6 Å². The highest BCUT2D eigenvalue weighted by Gasteiger charge is 2.23. The molecule has 0 saturated carbocycles. The van der Waals surface area contributed by atoms with Crippen LogP contribution < -0.4 is 4.72 Å². The number of aryl methyl sites for hydroxylation is 1. The van der Waals surface area contributed by atoms with Crippen molar-refractivity contribution >= 4 is 27.5 Å². The third-order valence-corrected chi connectivity index (χ3v) is 8.18. The molecule has 0 saturated heterocycles. The van der Waals surface area contributed by atoms with Crippen molar-refractivity contribution in [1.29, 1.82) is 0 Å². The van der Waals surface area contributed by atoms with Gasteiger partial charge in [0.15, 0.2) is 0 Å². The first-order chi connectivity index (χ1) is 17.3. The molecular weight excluding hydrogens is 504 g/mol. The van der Waals surface area contributed by atoms with Crippen molar-refractivity contribution in [3.05, 3.63) is 87.4 Å². The van der Waals surface area contributed by atoms with Gasteiger partial charge >= 0.3 is 0 Å². The Labute approximate surface area is 226 Å². The molecule has 0 unspecified atom stereocenters. The van der Waals surface area contributed by atoms with Crippen LogP contribution in [0.1, 0.15) is 67.3 Å². The number of amides is 1. The summed E-state index contributed by atoms with van der Waals surface area (Å²) >= 11 is 6.40. The van der Waals surface area contributed by atoms with Crippen molar-refractivity contribution in [1.82, 2.24) is 9.62 Å². The van der Waals surface area contributed by atoms with Crippen molar-refractivity contribution in [3.8, 4) is 11.1 Å². The number of hydrogen-bond acceptors (Lipinski definition) is 4. The number of nitrogens with zero attached hydrogens (tertiary/aromatic N) is 1. The molecule has 3 aromatic rings. The molecular formula is C30H37ClN2O3S. The van der Waals surface area contributed by atoms with Crippen LogP contribution >= 0.6 is 11.6 Å². The quantitative estimate of drug-likeness (QED) is 0.329. The van der Waals surface area contributed by atoms with E-state index in [9.17, 15) is 13.2 Å². The summed E-state index contributed by atoms with van der Waals surface area (Å²) in [6.45, 7) is 11.0. The van der Waals surface area contributed by atoms with Gasteiger partial charge in [-0.3, -0.25) is 4.79 Å². The van der Waals surface area contributed by atoms with Crippen LogP contribution in [-0.4, -0.2) is 33.3 Å². The Morgan fingerprint density at radius 3 is 1.95 bits per heavy atom. The molecule has 0 spiro atoms. The van der Waals surface area contributed by atoms with E-state index in [0.29, 0.717) is 11.6 Å². The van der Waals surface area contributed by atoms with Crippen LogP contribution in [0, 0.1) is 6.92 Å². The van der Waals surface area contributed by atoms with Gasteiger partial charge < -0.3 is 4.90 Å². The lowest BCUT2D eigenvalue weighted by molar-refractivity contribution is -0.118. The Kier molecular flexibility index (Phi) is 9.22. The molecule has 198 valence electrons. The van der Waals surface area contributed by atoms with Gasteiger partial charge in [0.1, 0.15) is 0 Å². The van der Waals surface area contributed by atoms with E-state index < -0.39 is 15.9 Å². The molecule has 3 aromatic carbocycles. The van der Waals surface area contributed by atoms with Gasteiger partial charge in [-0.1, -0.05) is 75.7 Å². The maximum Gasteiger partial charge on any atom is 0.264 e. The van der Waals surface area contributed by atoms with Crippen LogP contribution in [0.2, 0.25) is 5.02 Å². The second-order valence-electron chi connectivity index (χ2n) is 10.5. The van der Waals surface area contributed by atoms with Gasteiger partial charge in [0, 0.05) is 11.6 Å². The molecule has 0 aliphatic carbocycles. The highest BCUT2D eigenvalue weighted by Crippen LogP contribution is 2.35. The summed E-state index contributed by atoms with van der Waals surface area (Å²) in [5.74, 6) is -0.267. The number of carbonyl (C=O) groups is 1. The molecule has 3 rings (SSSR count). The molecule has 0 heterocycles. The van der Waals surface area contributed by atoms with Crippen molar-refractivity contribution < 1.29 is 13.2 Å². The summed E-state index contributed by atoms with van der Waals surface area (Å²) in [7, 11) is -0.0817. The number of halogens is 1. The molecule has 0 aromatic heterocycles. The van der Waals surface area contributed by atoms with Crippen LogP contribution in [0.5, 0.6) is 0 Å². The third kappa shape index (κ3) is 7.22. The largest absolute Gasteiger partial charge is 0.305 e. The molecule has 0 aliphatic heterocycles. The summed E-state index contributed by atoms with van der Waals surface area (Å²) in [6.07, 6.45) is -0.0199. The third-order valence-electron chi connectivity index (χ3n) is 6.39. The van der Waals surface area contributed by atoms with Crippen LogP contribution in [0.3, 0.4) is 0 Å². The lowest BCUT2D eigenvalue weighted by Gasteiger charge is -2.22. The standard InChI is InChI=1S/C30H37ClN2O3S/c1-19(2)26-14-24(23-11-8-21(5)29(31)16-23)15-27(20(3)4)28(26)17-30(34)32-37(35,36)25-12-9-22(10-13-25)18-33(6)7/h8-16,19-20H,17-18H2,1-7H3,(H,32,34). The molecule has 7 heteroatoms. The van der Waals surface area contributed by atoms with Gasteiger partial charge in [-0.2, -0.15) is 0 Å². The van der Waals surface area contributed by atoms with Crippen molar-refractivity contribution in [2.45, 2.75) is 64.3 Å². The van der Waals surface area contributed by atoms with E-state index in [1.807, 2.05) is 44.1 Å². The summed E-state index contributed by atoms with van der Waals surface area (Å²) in [5.41, 5.74) is 6.98. The summed E-state index contributed by atoms with van der Waals surface area (Å²) in [4.78, 5) is 15.2. The SMILES string of the molecule is Cc1ccc(-c2cc(C(C)C)c(CC(=O)NS(=O)(=O)c3ccc(CN(C)C)cc3)c(C(C)C)c2)cc1Cl. The van der Waals surface area contributed by atoms with Gasteiger partial charge in [0.25, 0.3) is 10.0 Å². The van der Waals surface area contributed by atoms with E-state index in [-0.39, 0.29) is 23.2 Å². The normalized spacial score (nSPS) is 12.0. The number of hydrogen-bond donors (Lipinski definition) is 1. The zero-order chi connectivity index (χ0) is 27.5. The molecule has 0 aliphatic rings. The fourth-order valence-corrected chi connectivity index (χ4v) is 5.60. The lowest BCUT2D eigenvalue weighted by atomic mass is 9.84. The number of benzene rings is 3. The summed E-state index contributed by atoms with van der Waals surface area (Å²) in [6, 6.07) is 16.8. The Balaban J connectivity index is 1.93. The zero-order valence-electron chi connectivity index (χ0n) is 22.7. The first-order valence-electron chi connectivity index (χ1n) is 12.5. The van der Waals surface area contributed by atoms with E-state index in [1.165, 1.54) is 12.1 Å². The second kappa shape index (κ2) is 11.8. The van der Waals surface area contributed by atoms with Gasteiger partial charge in [0.2, 0.25) is 5.91 Å². The van der Waals surface area contributed by atoms with Crippen LogP contribution in [0.15, 0.2) is 59.5 Å². The Hall–Kier alpha value is -2.67. The minimum atomic E-state index is -3.98. The van der Waals surface area contributed by atoms with Crippen molar-refractivity contribution in [2.24, 2.45) is 0 Å². The summed E-state index contributed by atoms with van der Waals surface area (Å²) in [5, 5.41) is 0.707. The van der Waals surface area contributed by atoms with E-state index in [1.54, 1.807) is 12.1 Å². The summed E-state index contributed by atoms with van der Waals surface area (Å²) < 4.78 is 28.2. The zero-order valence-corrected chi connectivity index (χ0v) is 24.3. The van der Waals surface area contributed by atoms with Crippen molar-refractivity contribution in [2.75, 3.05) is 14.1 Å². The second-order valence-corrected chi connectivity index (χ2v) is 12.6. The maximum atomic E-state index is 13.1. The number of carbonyl (C=O) groups excluding carboxylic acids is 1. The number of nitrogens with one attached hydrogen (secondary N) is 1. The lowest BCUT2D eigenvalue weighted by Crippen LogP contribution is -2.32. The minimum Gasteiger partial charge on any atom is -0.305 e. The number of rotatable bonds is 9. The van der Waals surface area contributed by atoms with Gasteiger partial charge in [-0.05, 0) is 90.0 Å². The average Bonchev–Trinajstić information content (AvgIpc) is 2.80. The fraction of sp³-hybridized carbons (Fsp3) is 0.367. The maximum absolute atomic E-state index is 13.1. The first-order valence-corrected chi connectivity index (χ1v) is 14.4. The van der Waals surface area contributed by atoms with Crippen molar-refractivity contribution in [3.63, 3.8) is 0 Å². The molecule has 1 N–H and O–H groups in total. The van der Waals surface area contributed by atoms with Gasteiger partial charge in [0.05, 0.1) is 11.3 Å². The van der Waals surface area contributed by atoms with Crippen LogP contribution in [-0.2, 0) is 27.8 Å². The van der Waals surface area contributed by atoms with E-state index >= 15 is 0 Å². The molecule has 5 nitrogen and oxygen atoms in total. The van der Waals surface area contributed by atoms with Crippen LogP contribution in [0.25, 0.3) is 11.1 Å². The Bertz CT molecular complexity index is 1350.